The van der Waals surface area contributed by atoms with Crippen LogP contribution < -0.4 is 5.32 Å². The number of furan rings is 1. The monoisotopic (exact) mass is 266 g/mol. The van der Waals surface area contributed by atoms with Gasteiger partial charge in [0.05, 0.1) is 25.0 Å². The van der Waals surface area contributed by atoms with E-state index in [1.165, 1.54) is 11.3 Å². The third-order valence-electron chi connectivity index (χ3n) is 2.31. The quantitative estimate of drug-likeness (QED) is 0.858. The molecule has 2 heterocycles. The number of aliphatic hydroxyl groups excluding tert-OH is 1. The number of hydrogen-bond donors (Lipinski definition) is 2. The third kappa shape index (κ3) is 3.18. The van der Waals surface area contributed by atoms with E-state index in [4.69, 9.17) is 9.52 Å². The van der Waals surface area contributed by atoms with Crippen molar-refractivity contribution in [2.24, 2.45) is 0 Å². The summed E-state index contributed by atoms with van der Waals surface area (Å²) in [6.45, 7) is 1.67. The summed E-state index contributed by atoms with van der Waals surface area (Å²) in [4.78, 5) is 15.9. The highest BCUT2D eigenvalue weighted by Crippen LogP contribution is 2.23. The van der Waals surface area contributed by atoms with Gasteiger partial charge in [0.15, 0.2) is 10.8 Å². The Hall–Kier alpha value is -1.66. The molecule has 18 heavy (non-hydrogen) atoms. The van der Waals surface area contributed by atoms with Gasteiger partial charge >= 0.3 is 0 Å². The molecule has 2 N–H and O–H groups in total. The smallest absolute Gasteiger partial charge is 0.226 e. The summed E-state index contributed by atoms with van der Waals surface area (Å²) in [5, 5.41) is 14.1. The third-order valence-corrected chi connectivity index (χ3v) is 3.21. The zero-order valence-electron chi connectivity index (χ0n) is 9.92. The van der Waals surface area contributed by atoms with Crippen LogP contribution in [0.4, 0.5) is 0 Å². The van der Waals surface area contributed by atoms with Crippen LogP contribution in [0.15, 0.2) is 28.2 Å². The van der Waals surface area contributed by atoms with Crippen LogP contribution in [0.1, 0.15) is 12.6 Å². The average Bonchev–Trinajstić information content (AvgIpc) is 2.98. The Morgan fingerprint density at radius 3 is 3.17 bits per heavy atom. The van der Waals surface area contributed by atoms with Crippen LogP contribution in [-0.4, -0.2) is 28.6 Å². The summed E-state index contributed by atoms with van der Waals surface area (Å²) in [7, 11) is 0. The average molecular weight is 266 g/mol. The lowest BCUT2D eigenvalue weighted by Gasteiger charge is -2.09. The van der Waals surface area contributed by atoms with Crippen molar-refractivity contribution in [2.75, 3.05) is 6.61 Å². The molecule has 96 valence electrons. The number of hydrogen-bond acceptors (Lipinski definition) is 5. The van der Waals surface area contributed by atoms with Crippen LogP contribution in [0, 0.1) is 0 Å². The largest absolute Gasteiger partial charge is 0.462 e. The van der Waals surface area contributed by atoms with Gasteiger partial charge in [-0.25, -0.2) is 4.98 Å². The van der Waals surface area contributed by atoms with Gasteiger partial charge in [-0.3, -0.25) is 4.79 Å². The molecule has 2 aromatic heterocycles. The number of aliphatic hydroxyl groups is 1. The van der Waals surface area contributed by atoms with E-state index in [9.17, 15) is 4.79 Å². The summed E-state index contributed by atoms with van der Waals surface area (Å²) >= 11 is 1.44. The number of aromatic nitrogens is 1. The number of carbonyl (C=O) groups excluding carboxylic acids is 1. The van der Waals surface area contributed by atoms with Gasteiger partial charge in [0, 0.05) is 11.4 Å². The maximum Gasteiger partial charge on any atom is 0.226 e. The van der Waals surface area contributed by atoms with E-state index in [2.05, 4.69) is 10.3 Å². The Bertz CT molecular complexity index is 507. The SMILES string of the molecule is C[C@H](CO)NC(=O)Cc1csc(-c2ccco2)n1. The first kappa shape index (κ1) is 12.8. The second-order valence-electron chi connectivity index (χ2n) is 3.95. The summed E-state index contributed by atoms with van der Waals surface area (Å²) in [6, 6.07) is 3.39. The summed E-state index contributed by atoms with van der Waals surface area (Å²) in [5.41, 5.74) is 0.703. The Morgan fingerprint density at radius 2 is 2.50 bits per heavy atom. The minimum absolute atomic E-state index is 0.0690. The zero-order valence-corrected chi connectivity index (χ0v) is 10.7. The zero-order chi connectivity index (χ0) is 13.0. The van der Waals surface area contributed by atoms with Crippen LogP contribution in [-0.2, 0) is 11.2 Å². The first-order valence-corrected chi connectivity index (χ1v) is 6.45. The van der Waals surface area contributed by atoms with E-state index in [1.807, 2.05) is 11.4 Å². The Balaban J connectivity index is 1.97. The lowest BCUT2D eigenvalue weighted by atomic mass is 10.3. The van der Waals surface area contributed by atoms with Gasteiger partial charge in [0.2, 0.25) is 5.91 Å². The van der Waals surface area contributed by atoms with Crippen molar-refractivity contribution in [3.63, 3.8) is 0 Å². The number of amides is 1. The molecule has 0 aliphatic carbocycles. The van der Waals surface area contributed by atoms with Crippen molar-refractivity contribution in [1.29, 1.82) is 0 Å². The van der Waals surface area contributed by atoms with E-state index in [0.29, 0.717) is 11.5 Å². The number of thiazole rings is 1. The van der Waals surface area contributed by atoms with Crippen molar-refractivity contribution in [1.82, 2.24) is 10.3 Å². The molecule has 1 atom stereocenters. The highest BCUT2D eigenvalue weighted by atomic mass is 32.1. The Kier molecular flexibility index (Phi) is 4.11. The van der Waals surface area contributed by atoms with Crippen molar-refractivity contribution < 1.29 is 14.3 Å². The number of rotatable bonds is 5. The molecular formula is C12H14N2O3S. The standard InChI is InChI=1S/C12H14N2O3S/c1-8(6-15)13-11(16)5-9-7-18-12(14-9)10-3-2-4-17-10/h2-4,7-8,15H,5-6H2,1H3,(H,13,16)/t8-/m1/s1. The Labute approximate surface area is 108 Å². The molecule has 0 saturated carbocycles. The van der Waals surface area contributed by atoms with Crippen LogP contribution in [0.2, 0.25) is 0 Å². The Morgan fingerprint density at radius 1 is 1.67 bits per heavy atom. The normalized spacial score (nSPS) is 12.3. The lowest BCUT2D eigenvalue weighted by Crippen LogP contribution is -2.36. The molecule has 5 nitrogen and oxygen atoms in total. The highest BCUT2D eigenvalue weighted by Gasteiger charge is 2.11. The first-order chi connectivity index (χ1) is 8.69. The summed E-state index contributed by atoms with van der Waals surface area (Å²) in [6.07, 6.45) is 1.80. The first-order valence-electron chi connectivity index (χ1n) is 5.57. The number of carbonyl (C=O) groups is 1. The van der Waals surface area contributed by atoms with Gasteiger partial charge in [0.25, 0.3) is 0 Å². The molecule has 0 spiro atoms. The van der Waals surface area contributed by atoms with Gasteiger partial charge in [-0.2, -0.15) is 0 Å². The topological polar surface area (TPSA) is 75.4 Å². The van der Waals surface area contributed by atoms with E-state index in [0.717, 1.165) is 5.01 Å². The number of nitrogens with zero attached hydrogens (tertiary/aromatic N) is 1. The molecule has 0 unspecified atom stereocenters. The van der Waals surface area contributed by atoms with Crippen molar-refractivity contribution in [3.8, 4) is 10.8 Å². The van der Waals surface area contributed by atoms with Gasteiger partial charge in [-0.15, -0.1) is 11.3 Å². The van der Waals surface area contributed by atoms with Crippen molar-refractivity contribution >= 4 is 17.2 Å². The highest BCUT2D eigenvalue weighted by molar-refractivity contribution is 7.13. The van der Waals surface area contributed by atoms with E-state index >= 15 is 0 Å². The predicted molar refractivity (Wildman–Crippen MR) is 68.2 cm³/mol. The van der Waals surface area contributed by atoms with E-state index in [-0.39, 0.29) is 25.0 Å². The van der Waals surface area contributed by atoms with Crippen LogP contribution in [0.3, 0.4) is 0 Å². The fraction of sp³-hybridized carbons (Fsp3) is 0.333. The second-order valence-corrected chi connectivity index (χ2v) is 4.81. The van der Waals surface area contributed by atoms with E-state index in [1.54, 1.807) is 19.3 Å². The minimum Gasteiger partial charge on any atom is -0.462 e. The molecule has 2 rings (SSSR count). The minimum atomic E-state index is -0.235. The molecule has 0 aliphatic heterocycles. The molecule has 0 bridgehead atoms. The molecule has 0 aromatic carbocycles. The molecule has 6 heteroatoms. The van der Waals surface area contributed by atoms with Gasteiger partial charge in [-0.05, 0) is 19.1 Å². The summed E-state index contributed by atoms with van der Waals surface area (Å²) < 4.78 is 5.23. The van der Waals surface area contributed by atoms with Gasteiger partial charge in [-0.1, -0.05) is 0 Å². The van der Waals surface area contributed by atoms with Crippen LogP contribution in [0.5, 0.6) is 0 Å². The number of nitrogens with one attached hydrogen (secondary N) is 1. The van der Waals surface area contributed by atoms with Crippen molar-refractivity contribution in [2.45, 2.75) is 19.4 Å². The summed E-state index contributed by atoms with van der Waals surface area (Å²) in [5.74, 6) is 0.559. The van der Waals surface area contributed by atoms with Crippen LogP contribution >= 0.6 is 11.3 Å². The molecule has 1 amide bonds. The second kappa shape index (κ2) is 5.79. The van der Waals surface area contributed by atoms with Crippen molar-refractivity contribution in [3.05, 3.63) is 29.5 Å². The fourth-order valence-corrected chi connectivity index (χ4v) is 2.22. The maximum atomic E-state index is 11.6. The molecule has 0 radical (unpaired) electrons. The van der Waals surface area contributed by atoms with E-state index < -0.39 is 0 Å². The van der Waals surface area contributed by atoms with Gasteiger partial charge < -0.3 is 14.8 Å². The molecular weight excluding hydrogens is 252 g/mol. The van der Waals surface area contributed by atoms with Crippen LogP contribution in [0.25, 0.3) is 10.8 Å². The van der Waals surface area contributed by atoms with Gasteiger partial charge in [0.1, 0.15) is 0 Å². The molecule has 0 aliphatic rings. The maximum absolute atomic E-state index is 11.6. The molecule has 2 aromatic rings. The lowest BCUT2D eigenvalue weighted by molar-refractivity contribution is -0.121. The predicted octanol–water partition coefficient (Wildman–Crippen LogP) is 1.44. The molecule has 0 fully saturated rings. The fourth-order valence-electron chi connectivity index (χ4n) is 1.44. The molecule has 0 saturated heterocycles.